The number of piperidine rings is 1. The van der Waals surface area contributed by atoms with Crippen molar-refractivity contribution in [3.63, 3.8) is 0 Å². The number of carbonyl (C=O) groups is 3. The van der Waals surface area contributed by atoms with Crippen molar-refractivity contribution in [1.29, 1.82) is 0 Å². The van der Waals surface area contributed by atoms with Gasteiger partial charge in [-0.25, -0.2) is 4.79 Å². The molecule has 2 aliphatic rings. The molecule has 1 unspecified atom stereocenters. The second-order valence-corrected chi connectivity index (χ2v) is 8.30. The molecule has 2 amide bonds. The Balaban J connectivity index is 1.72. The van der Waals surface area contributed by atoms with Gasteiger partial charge in [0, 0.05) is 24.8 Å². The van der Waals surface area contributed by atoms with Gasteiger partial charge in [-0.05, 0) is 45.2 Å². The molecule has 0 N–H and O–H groups in total. The van der Waals surface area contributed by atoms with Gasteiger partial charge in [-0.2, -0.15) is 0 Å². The highest BCUT2D eigenvalue weighted by molar-refractivity contribution is 6.06. The zero-order chi connectivity index (χ0) is 20.5. The molecule has 2 heterocycles. The molecule has 1 aromatic rings. The Morgan fingerprint density at radius 1 is 1.14 bits per heavy atom. The highest BCUT2D eigenvalue weighted by Gasteiger charge is 2.42. The van der Waals surface area contributed by atoms with E-state index in [0.717, 1.165) is 11.3 Å². The Bertz CT molecular complexity index is 762. The standard InChI is InChI=1S/C21H28N2O5/c1-21(2,3)28-20(26)22-11-9-14(10-12-22)23-17-8-6-5-7-15(17)16(19(23)25)13-18(24)27-4/h5-8,14,16H,9-13H2,1-4H3. The second kappa shape index (κ2) is 7.81. The van der Waals surface area contributed by atoms with Gasteiger partial charge >= 0.3 is 12.1 Å². The van der Waals surface area contributed by atoms with Crippen LogP contribution in [0.3, 0.4) is 0 Å². The number of amides is 2. The van der Waals surface area contributed by atoms with E-state index in [9.17, 15) is 14.4 Å². The van der Waals surface area contributed by atoms with E-state index in [2.05, 4.69) is 0 Å². The molecule has 1 atom stereocenters. The molecular weight excluding hydrogens is 360 g/mol. The quantitative estimate of drug-likeness (QED) is 0.744. The van der Waals surface area contributed by atoms with Gasteiger partial charge in [-0.15, -0.1) is 0 Å². The highest BCUT2D eigenvalue weighted by Crippen LogP contribution is 2.41. The third kappa shape index (κ3) is 4.13. The fourth-order valence-electron chi connectivity index (χ4n) is 3.88. The van der Waals surface area contributed by atoms with Crippen LogP contribution >= 0.6 is 0 Å². The lowest BCUT2D eigenvalue weighted by Gasteiger charge is -2.37. The fourth-order valence-corrected chi connectivity index (χ4v) is 3.88. The summed E-state index contributed by atoms with van der Waals surface area (Å²) in [6, 6.07) is 7.59. The fraction of sp³-hybridized carbons (Fsp3) is 0.571. The molecule has 1 aromatic carbocycles. The van der Waals surface area contributed by atoms with Crippen molar-refractivity contribution in [2.45, 2.75) is 57.6 Å². The lowest BCUT2D eigenvalue weighted by atomic mass is 9.97. The first-order valence-corrected chi connectivity index (χ1v) is 9.68. The van der Waals surface area contributed by atoms with Crippen LogP contribution in [0.25, 0.3) is 0 Å². The smallest absolute Gasteiger partial charge is 0.410 e. The SMILES string of the molecule is COC(=O)CC1C(=O)N(C2CCN(C(=O)OC(C)(C)C)CC2)c2ccccc21. The largest absolute Gasteiger partial charge is 0.469 e. The average Bonchev–Trinajstić information content (AvgIpc) is 2.92. The topological polar surface area (TPSA) is 76.2 Å². The van der Waals surface area contributed by atoms with Crippen LogP contribution in [0.1, 0.15) is 51.5 Å². The Morgan fingerprint density at radius 2 is 1.79 bits per heavy atom. The lowest BCUT2D eigenvalue weighted by Crippen LogP contribution is -2.49. The third-order valence-electron chi connectivity index (χ3n) is 5.19. The van der Waals surface area contributed by atoms with Crippen molar-refractivity contribution < 1.29 is 23.9 Å². The number of carbonyl (C=O) groups excluding carboxylic acids is 3. The van der Waals surface area contributed by atoms with Gasteiger partial charge in [-0.3, -0.25) is 9.59 Å². The van der Waals surface area contributed by atoms with Crippen molar-refractivity contribution in [1.82, 2.24) is 4.90 Å². The Kier molecular flexibility index (Phi) is 5.63. The van der Waals surface area contributed by atoms with Crippen molar-refractivity contribution in [2.24, 2.45) is 0 Å². The van der Waals surface area contributed by atoms with E-state index in [1.807, 2.05) is 49.9 Å². The maximum atomic E-state index is 13.1. The van der Waals surface area contributed by atoms with Gasteiger partial charge in [-0.1, -0.05) is 18.2 Å². The third-order valence-corrected chi connectivity index (χ3v) is 5.19. The molecule has 1 saturated heterocycles. The van der Waals surface area contributed by atoms with Crippen LogP contribution in [0.15, 0.2) is 24.3 Å². The maximum absolute atomic E-state index is 13.1. The summed E-state index contributed by atoms with van der Waals surface area (Å²) < 4.78 is 10.2. The van der Waals surface area contributed by atoms with Crippen molar-refractivity contribution in [3.05, 3.63) is 29.8 Å². The van der Waals surface area contributed by atoms with E-state index >= 15 is 0 Å². The number of nitrogens with zero attached hydrogens (tertiary/aromatic N) is 2. The summed E-state index contributed by atoms with van der Waals surface area (Å²) in [4.78, 5) is 40.7. The monoisotopic (exact) mass is 388 g/mol. The van der Waals surface area contributed by atoms with Crippen LogP contribution in [0.5, 0.6) is 0 Å². The molecule has 7 heteroatoms. The summed E-state index contributed by atoms with van der Waals surface area (Å²) in [5.74, 6) is -0.968. The maximum Gasteiger partial charge on any atom is 0.410 e. The minimum Gasteiger partial charge on any atom is -0.469 e. The zero-order valence-corrected chi connectivity index (χ0v) is 16.9. The number of fused-ring (bicyclic) bond motifs is 1. The number of hydrogen-bond donors (Lipinski definition) is 0. The van der Waals surface area contributed by atoms with Crippen LogP contribution < -0.4 is 4.90 Å². The first-order valence-electron chi connectivity index (χ1n) is 9.68. The molecule has 0 aliphatic carbocycles. The first kappa shape index (κ1) is 20.2. The molecule has 3 rings (SSSR count). The Morgan fingerprint density at radius 3 is 2.39 bits per heavy atom. The number of hydrogen-bond acceptors (Lipinski definition) is 5. The molecule has 0 bridgehead atoms. The number of ether oxygens (including phenoxy) is 2. The summed E-state index contributed by atoms with van der Waals surface area (Å²) in [5.41, 5.74) is 1.20. The van der Waals surface area contributed by atoms with Gasteiger partial charge in [0.05, 0.1) is 19.4 Å². The molecule has 1 fully saturated rings. The van der Waals surface area contributed by atoms with Crippen molar-refractivity contribution >= 4 is 23.7 Å². The van der Waals surface area contributed by atoms with Crippen LogP contribution in [0.4, 0.5) is 10.5 Å². The zero-order valence-electron chi connectivity index (χ0n) is 16.9. The second-order valence-electron chi connectivity index (χ2n) is 8.30. The molecule has 0 radical (unpaired) electrons. The van der Waals surface area contributed by atoms with E-state index in [4.69, 9.17) is 9.47 Å². The summed E-state index contributed by atoms with van der Waals surface area (Å²) >= 11 is 0. The summed E-state index contributed by atoms with van der Waals surface area (Å²) in [6.45, 7) is 6.61. The predicted molar refractivity (Wildman–Crippen MR) is 104 cm³/mol. The summed E-state index contributed by atoms with van der Waals surface area (Å²) in [5, 5.41) is 0. The molecule has 152 valence electrons. The number of anilines is 1. The van der Waals surface area contributed by atoms with Crippen LogP contribution in [0, 0.1) is 0 Å². The van der Waals surface area contributed by atoms with Crippen LogP contribution in [-0.4, -0.2) is 54.7 Å². The van der Waals surface area contributed by atoms with Crippen molar-refractivity contribution in [3.8, 4) is 0 Å². The van der Waals surface area contributed by atoms with Crippen LogP contribution in [-0.2, 0) is 19.1 Å². The molecule has 0 aromatic heterocycles. The number of likely N-dealkylation sites (tertiary alicyclic amines) is 1. The van der Waals surface area contributed by atoms with Gasteiger partial charge < -0.3 is 19.3 Å². The van der Waals surface area contributed by atoms with E-state index in [-0.39, 0.29) is 24.5 Å². The number of rotatable bonds is 3. The molecule has 0 saturated carbocycles. The number of benzene rings is 1. The number of para-hydroxylation sites is 1. The van der Waals surface area contributed by atoms with Gasteiger partial charge in [0.15, 0.2) is 0 Å². The van der Waals surface area contributed by atoms with E-state index in [1.54, 1.807) is 4.90 Å². The molecular formula is C21H28N2O5. The van der Waals surface area contributed by atoms with Gasteiger partial charge in [0.1, 0.15) is 5.60 Å². The van der Waals surface area contributed by atoms with Crippen molar-refractivity contribution in [2.75, 3.05) is 25.1 Å². The predicted octanol–water partition coefficient (Wildman–Crippen LogP) is 3.08. The molecule has 0 spiro atoms. The van der Waals surface area contributed by atoms with E-state index in [0.29, 0.717) is 25.9 Å². The molecule has 7 nitrogen and oxygen atoms in total. The number of esters is 1. The van der Waals surface area contributed by atoms with Gasteiger partial charge in [0.25, 0.3) is 0 Å². The summed E-state index contributed by atoms with van der Waals surface area (Å²) in [6.07, 6.45) is 1.07. The Hall–Kier alpha value is -2.57. The van der Waals surface area contributed by atoms with E-state index in [1.165, 1.54) is 7.11 Å². The molecule has 2 aliphatic heterocycles. The lowest BCUT2D eigenvalue weighted by molar-refractivity contribution is -0.142. The van der Waals surface area contributed by atoms with Crippen LogP contribution in [0.2, 0.25) is 0 Å². The normalized spacial score (nSPS) is 20.1. The van der Waals surface area contributed by atoms with Gasteiger partial charge in [0.2, 0.25) is 5.91 Å². The highest BCUT2D eigenvalue weighted by atomic mass is 16.6. The minimum absolute atomic E-state index is 0.00464. The minimum atomic E-state index is -0.529. The summed E-state index contributed by atoms with van der Waals surface area (Å²) in [7, 11) is 1.33. The number of methoxy groups -OCH3 is 1. The van der Waals surface area contributed by atoms with E-state index < -0.39 is 17.5 Å². The average molecular weight is 388 g/mol. The first-order chi connectivity index (χ1) is 13.2. The Labute approximate surface area is 165 Å². The molecule has 28 heavy (non-hydrogen) atoms.